The molecule has 0 aliphatic rings. The van der Waals surface area contributed by atoms with E-state index in [1.165, 1.54) is 0 Å². The molecule has 0 atom stereocenters. The van der Waals surface area contributed by atoms with E-state index >= 15 is 0 Å². The van der Waals surface area contributed by atoms with Crippen LogP contribution in [0.2, 0.25) is 0 Å². The van der Waals surface area contributed by atoms with Crippen molar-refractivity contribution < 1.29 is 18.0 Å². The van der Waals surface area contributed by atoms with E-state index in [1.54, 1.807) is 0 Å². The average Bonchev–Trinajstić information content (AvgIpc) is 1.27. The Morgan fingerprint density at radius 2 is 1.71 bits per heavy atom. The molecule has 4 heteroatoms. The van der Waals surface area contributed by atoms with Gasteiger partial charge in [0.05, 0.1) is 6.08 Å². The fraction of sp³-hybridized carbons (Fsp3) is 0. The maximum Gasteiger partial charge on any atom is 0.330 e. The summed E-state index contributed by atoms with van der Waals surface area (Å²) in [4.78, 5) is 9.03. The van der Waals surface area contributed by atoms with E-state index in [4.69, 9.17) is 4.79 Å². The number of halogens is 3. The molecule has 0 unspecified atom stereocenters. The van der Waals surface area contributed by atoms with Crippen molar-refractivity contribution in [3.8, 4) is 0 Å². The van der Waals surface area contributed by atoms with Crippen LogP contribution < -0.4 is 0 Å². The third-order valence-corrected chi connectivity index (χ3v) is 0.223. The highest BCUT2D eigenvalue weighted by molar-refractivity contribution is 5.80. The third-order valence-electron chi connectivity index (χ3n) is 0.223. The summed E-state index contributed by atoms with van der Waals surface area (Å²) >= 11 is 0. The number of carbonyl (C=O) groups is 1. The van der Waals surface area contributed by atoms with Crippen LogP contribution >= 0.6 is 0 Å². The van der Waals surface area contributed by atoms with Crippen LogP contribution in [-0.4, -0.2) is 6.04 Å². The Kier molecular flexibility index (Phi) is 2.11. The van der Waals surface area contributed by atoms with Crippen LogP contribution in [0.5, 0.6) is 0 Å². The van der Waals surface area contributed by atoms with Crippen LogP contribution in [0, 0.1) is 0 Å². The van der Waals surface area contributed by atoms with Gasteiger partial charge >= 0.3 is 6.04 Å². The van der Waals surface area contributed by atoms with Crippen LogP contribution in [0.4, 0.5) is 13.2 Å². The lowest BCUT2D eigenvalue weighted by Gasteiger charge is -1.69. The molecule has 7 heavy (non-hydrogen) atoms. The van der Waals surface area contributed by atoms with Crippen molar-refractivity contribution in [3.63, 3.8) is 0 Å². The van der Waals surface area contributed by atoms with Crippen molar-refractivity contribution in [1.82, 2.24) is 0 Å². The molecular weight excluding hydrogens is 109 g/mol. The van der Waals surface area contributed by atoms with Gasteiger partial charge in [0.25, 0.3) is 6.08 Å². The molecule has 0 heterocycles. The first-order chi connectivity index (χ1) is 3.13. The van der Waals surface area contributed by atoms with Gasteiger partial charge in [-0.3, -0.25) is 4.79 Å². The third kappa shape index (κ3) is 5.20. The van der Waals surface area contributed by atoms with Crippen molar-refractivity contribution >= 4 is 6.04 Å². The van der Waals surface area contributed by atoms with Gasteiger partial charge < -0.3 is 0 Å². The summed E-state index contributed by atoms with van der Waals surface area (Å²) in [5.41, 5.74) is 0. The second-order valence-corrected chi connectivity index (χ2v) is 0.738. The van der Waals surface area contributed by atoms with E-state index in [0.717, 1.165) is 0 Å². The van der Waals surface area contributed by atoms with Gasteiger partial charge in [0.1, 0.15) is 0 Å². The van der Waals surface area contributed by atoms with Crippen LogP contribution in [0.1, 0.15) is 0 Å². The Balaban J connectivity index is 3.68. The largest absolute Gasteiger partial charge is 0.330 e. The highest BCUT2D eigenvalue weighted by Gasteiger charge is 1.93. The Morgan fingerprint density at radius 3 is 1.71 bits per heavy atom. The molecule has 0 spiro atoms. The monoisotopic (exact) mass is 110 g/mol. The molecule has 0 radical (unpaired) electrons. The summed E-state index contributed by atoms with van der Waals surface area (Å²) in [5.74, 6) is 0. The predicted molar refractivity (Wildman–Crippen MR) is 16.4 cm³/mol. The van der Waals surface area contributed by atoms with Gasteiger partial charge in [0.15, 0.2) is 0 Å². The number of allylic oxidation sites excluding steroid dienone is 1. The fourth-order valence-corrected chi connectivity index (χ4v) is 0.0858. The van der Waals surface area contributed by atoms with Crippen molar-refractivity contribution in [3.05, 3.63) is 12.2 Å². The molecule has 0 saturated heterocycles. The van der Waals surface area contributed by atoms with Gasteiger partial charge in [-0.1, -0.05) is 0 Å². The van der Waals surface area contributed by atoms with Crippen LogP contribution in [0.15, 0.2) is 12.2 Å². The van der Waals surface area contributed by atoms with Crippen LogP contribution in [-0.2, 0) is 4.79 Å². The Morgan fingerprint density at radius 1 is 1.29 bits per heavy atom. The topological polar surface area (TPSA) is 17.1 Å². The molecule has 0 aliphatic heterocycles. The zero-order chi connectivity index (χ0) is 5.86. The molecule has 0 fully saturated rings. The van der Waals surface area contributed by atoms with Gasteiger partial charge in [-0.15, -0.1) is 0 Å². The van der Waals surface area contributed by atoms with E-state index in [0.29, 0.717) is 0 Å². The molecule has 1 nitrogen and oxygen atoms in total. The highest BCUT2D eigenvalue weighted by Crippen LogP contribution is 1.95. The molecule has 0 rings (SSSR count). The first kappa shape index (κ1) is 6.20. The first-order valence-electron chi connectivity index (χ1n) is 1.35. The second-order valence-electron chi connectivity index (χ2n) is 0.738. The molecule has 0 aromatic carbocycles. The Labute approximate surface area is 37.4 Å². The lowest BCUT2D eigenvalue weighted by molar-refractivity contribution is -0.124. The number of carbonyl (C=O) groups excluding carboxylic acids is 1. The number of rotatable bonds is 1. The summed E-state index contributed by atoms with van der Waals surface area (Å²) in [6, 6.07) is -2.12. The van der Waals surface area contributed by atoms with Gasteiger partial charge in [0, 0.05) is 0 Å². The zero-order valence-corrected chi connectivity index (χ0v) is 3.12. The smallest absolute Gasteiger partial charge is 0.256 e. The fourth-order valence-electron chi connectivity index (χ4n) is 0.0858. The molecule has 0 amide bonds. The lowest BCUT2D eigenvalue weighted by atomic mass is 10.7. The maximum absolute atomic E-state index is 10.8. The maximum atomic E-state index is 10.8. The molecule has 0 aliphatic carbocycles. The summed E-state index contributed by atoms with van der Waals surface area (Å²) in [6.45, 7) is 0. The Hall–Kier alpha value is -0.800. The van der Waals surface area contributed by atoms with Crippen molar-refractivity contribution in [1.29, 1.82) is 0 Å². The predicted octanol–water partition coefficient (Wildman–Crippen LogP) is 1.26. The van der Waals surface area contributed by atoms with Crippen LogP contribution in [0.25, 0.3) is 0 Å². The standard InChI is InChI=1S/C3HF3O/c4-2(5)1-3(6)7/h1H. The second kappa shape index (κ2) is 2.39. The van der Waals surface area contributed by atoms with E-state index in [1.807, 2.05) is 0 Å². The molecule has 0 aromatic rings. The van der Waals surface area contributed by atoms with Gasteiger partial charge in [-0.05, 0) is 0 Å². The van der Waals surface area contributed by atoms with Gasteiger partial charge in [-0.2, -0.15) is 13.2 Å². The number of hydrogen-bond donors (Lipinski definition) is 0. The van der Waals surface area contributed by atoms with Crippen LogP contribution in [0.3, 0.4) is 0 Å². The summed E-state index contributed by atoms with van der Waals surface area (Å²) in [6.07, 6.45) is -2.70. The van der Waals surface area contributed by atoms with Gasteiger partial charge in [0.2, 0.25) is 0 Å². The molecule has 0 aromatic heterocycles. The number of hydrogen-bond acceptors (Lipinski definition) is 1. The normalized spacial score (nSPS) is 7.86. The van der Waals surface area contributed by atoms with Gasteiger partial charge in [-0.25, -0.2) is 0 Å². The SMILES string of the molecule is O=C(F)C=C(F)F. The lowest BCUT2D eigenvalue weighted by Crippen LogP contribution is -1.76. The summed E-state index contributed by atoms with van der Waals surface area (Å²) in [7, 11) is 0. The van der Waals surface area contributed by atoms with E-state index in [2.05, 4.69) is 0 Å². The molecule has 0 saturated carbocycles. The minimum atomic E-state index is -2.31. The summed E-state index contributed by atoms with van der Waals surface area (Å²) < 4.78 is 32.1. The summed E-state index contributed by atoms with van der Waals surface area (Å²) in [5, 5.41) is 0. The van der Waals surface area contributed by atoms with Crippen molar-refractivity contribution in [2.24, 2.45) is 0 Å². The first-order valence-corrected chi connectivity index (χ1v) is 1.35. The van der Waals surface area contributed by atoms with E-state index in [9.17, 15) is 13.2 Å². The quantitative estimate of drug-likeness (QED) is 0.367. The zero-order valence-electron chi connectivity index (χ0n) is 3.12. The molecule has 0 bridgehead atoms. The van der Waals surface area contributed by atoms with E-state index < -0.39 is 12.1 Å². The Bertz CT molecular complexity index is 103. The average molecular weight is 110 g/mol. The van der Waals surface area contributed by atoms with Crippen molar-refractivity contribution in [2.75, 3.05) is 0 Å². The van der Waals surface area contributed by atoms with E-state index in [-0.39, 0.29) is 6.08 Å². The molecule has 0 N–H and O–H groups in total. The molecular formula is C3HF3O. The minimum absolute atomic E-state index is 0.389. The molecule has 40 valence electrons. The minimum Gasteiger partial charge on any atom is -0.256 e. The van der Waals surface area contributed by atoms with Crippen molar-refractivity contribution in [2.45, 2.75) is 0 Å². The highest BCUT2D eigenvalue weighted by atomic mass is 19.3.